The van der Waals surface area contributed by atoms with Gasteiger partial charge in [0.25, 0.3) is 5.91 Å². The molecule has 1 atom stereocenters. The average Bonchev–Trinajstić information content (AvgIpc) is 2.63. The Morgan fingerprint density at radius 2 is 2.04 bits per heavy atom. The average molecular weight is 418 g/mol. The standard InChI is InChI=1S/C19H20BrN3O3/c1-12-9-13(20)7-8-14(12)22-18(24)11-23-10-17(19(25)21-2)26-16-6-4-3-5-15(16)23/h3-9,17H,10-11H2,1-2H3,(H,21,25)(H,22,24)/t17-/m0/s1. The summed E-state index contributed by atoms with van der Waals surface area (Å²) in [6.45, 7) is 2.37. The number of rotatable bonds is 4. The number of aryl methyl sites for hydroxylation is 1. The van der Waals surface area contributed by atoms with E-state index < -0.39 is 6.10 Å². The van der Waals surface area contributed by atoms with E-state index in [1.807, 2.05) is 48.2 Å². The maximum atomic E-state index is 12.6. The fourth-order valence-electron chi connectivity index (χ4n) is 2.88. The summed E-state index contributed by atoms with van der Waals surface area (Å²) < 4.78 is 6.72. The zero-order chi connectivity index (χ0) is 18.7. The molecule has 26 heavy (non-hydrogen) atoms. The van der Waals surface area contributed by atoms with Crippen LogP contribution in [0.25, 0.3) is 0 Å². The first-order valence-electron chi connectivity index (χ1n) is 8.26. The Labute approximate surface area is 160 Å². The Hall–Kier alpha value is -2.54. The molecule has 0 spiro atoms. The lowest BCUT2D eigenvalue weighted by Gasteiger charge is -2.35. The number of amides is 2. The zero-order valence-corrected chi connectivity index (χ0v) is 16.2. The fourth-order valence-corrected chi connectivity index (χ4v) is 3.36. The SMILES string of the molecule is CNC(=O)[C@@H]1CN(CC(=O)Nc2ccc(Br)cc2C)c2ccccc2O1. The number of hydrogen-bond donors (Lipinski definition) is 2. The molecule has 0 bridgehead atoms. The van der Waals surface area contributed by atoms with E-state index in [-0.39, 0.29) is 18.4 Å². The van der Waals surface area contributed by atoms with Crippen LogP contribution in [0, 0.1) is 6.92 Å². The van der Waals surface area contributed by atoms with Crippen LogP contribution in [0.15, 0.2) is 46.9 Å². The van der Waals surface area contributed by atoms with Crippen LogP contribution in [0.4, 0.5) is 11.4 Å². The molecule has 0 saturated heterocycles. The third kappa shape index (κ3) is 3.99. The minimum atomic E-state index is -0.655. The van der Waals surface area contributed by atoms with Gasteiger partial charge in [-0.3, -0.25) is 9.59 Å². The number of para-hydroxylation sites is 2. The molecule has 136 valence electrons. The summed E-state index contributed by atoms with van der Waals surface area (Å²) in [6, 6.07) is 13.1. The minimum absolute atomic E-state index is 0.128. The lowest BCUT2D eigenvalue weighted by Crippen LogP contribution is -2.50. The maximum Gasteiger partial charge on any atom is 0.262 e. The highest BCUT2D eigenvalue weighted by molar-refractivity contribution is 9.10. The number of nitrogens with one attached hydrogen (secondary N) is 2. The number of anilines is 2. The number of nitrogens with zero attached hydrogens (tertiary/aromatic N) is 1. The van der Waals surface area contributed by atoms with Gasteiger partial charge >= 0.3 is 0 Å². The Morgan fingerprint density at radius 3 is 2.77 bits per heavy atom. The smallest absolute Gasteiger partial charge is 0.262 e. The van der Waals surface area contributed by atoms with Crippen molar-refractivity contribution in [2.75, 3.05) is 30.4 Å². The lowest BCUT2D eigenvalue weighted by atomic mass is 10.1. The molecule has 0 aliphatic carbocycles. The van der Waals surface area contributed by atoms with Crippen molar-refractivity contribution in [1.29, 1.82) is 0 Å². The van der Waals surface area contributed by atoms with Crippen molar-refractivity contribution in [1.82, 2.24) is 5.32 Å². The molecular formula is C19H20BrN3O3. The van der Waals surface area contributed by atoms with Crippen molar-refractivity contribution in [2.24, 2.45) is 0 Å². The molecule has 2 amide bonds. The Kier molecular flexibility index (Phi) is 5.46. The Balaban J connectivity index is 1.76. The van der Waals surface area contributed by atoms with Crippen molar-refractivity contribution >= 4 is 39.1 Å². The van der Waals surface area contributed by atoms with Crippen LogP contribution in [-0.2, 0) is 9.59 Å². The van der Waals surface area contributed by atoms with E-state index in [1.165, 1.54) is 0 Å². The van der Waals surface area contributed by atoms with Crippen molar-refractivity contribution in [3.63, 3.8) is 0 Å². The number of carbonyl (C=O) groups is 2. The molecular weight excluding hydrogens is 398 g/mol. The summed E-state index contributed by atoms with van der Waals surface area (Å²) in [6.07, 6.45) is -0.655. The minimum Gasteiger partial charge on any atom is -0.477 e. The predicted octanol–water partition coefficient (Wildman–Crippen LogP) is 2.71. The maximum absolute atomic E-state index is 12.6. The second-order valence-electron chi connectivity index (χ2n) is 6.08. The van der Waals surface area contributed by atoms with Gasteiger partial charge in [-0.2, -0.15) is 0 Å². The third-order valence-corrected chi connectivity index (χ3v) is 4.69. The molecule has 0 saturated carbocycles. The summed E-state index contributed by atoms with van der Waals surface area (Å²) in [7, 11) is 1.57. The molecule has 0 aromatic heterocycles. The molecule has 0 radical (unpaired) electrons. The molecule has 1 aliphatic rings. The van der Waals surface area contributed by atoms with Crippen LogP contribution >= 0.6 is 15.9 Å². The highest BCUT2D eigenvalue weighted by Gasteiger charge is 2.31. The van der Waals surface area contributed by atoms with Crippen molar-refractivity contribution in [3.05, 3.63) is 52.5 Å². The van der Waals surface area contributed by atoms with Crippen LogP contribution in [-0.4, -0.2) is 38.1 Å². The first kappa shape index (κ1) is 18.3. The number of hydrogen-bond acceptors (Lipinski definition) is 4. The first-order chi connectivity index (χ1) is 12.5. The van der Waals surface area contributed by atoms with Gasteiger partial charge in [-0.15, -0.1) is 0 Å². The van der Waals surface area contributed by atoms with E-state index in [0.29, 0.717) is 12.3 Å². The predicted molar refractivity (Wildman–Crippen MR) is 105 cm³/mol. The summed E-state index contributed by atoms with van der Waals surface area (Å²) >= 11 is 3.41. The summed E-state index contributed by atoms with van der Waals surface area (Å²) in [4.78, 5) is 26.4. The number of benzene rings is 2. The molecule has 1 heterocycles. The van der Waals surface area contributed by atoms with Gasteiger partial charge in [0.2, 0.25) is 5.91 Å². The summed E-state index contributed by atoms with van der Waals surface area (Å²) in [5, 5.41) is 5.53. The van der Waals surface area contributed by atoms with Gasteiger partial charge in [0.15, 0.2) is 6.10 Å². The van der Waals surface area contributed by atoms with E-state index >= 15 is 0 Å². The number of likely N-dealkylation sites (N-methyl/N-ethyl adjacent to an activating group) is 1. The van der Waals surface area contributed by atoms with Gasteiger partial charge in [-0.1, -0.05) is 28.1 Å². The molecule has 2 N–H and O–H groups in total. The number of fused-ring (bicyclic) bond motifs is 1. The molecule has 3 rings (SSSR count). The molecule has 0 fully saturated rings. The van der Waals surface area contributed by atoms with Crippen molar-refractivity contribution < 1.29 is 14.3 Å². The molecule has 1 aliphatic heterocycles. The van der Waals surface area contributed by atoms with Gasteiger partial charge in [-0.05, 0) is 42.8 Å². The van der Waals surface area contributed by atoms with E-state index in [9.17, 15) is 9.59 Å². The molecule has 6 nitrogen and oxygen atoms in total. The van der Waals surface area contributed by atoms with E-state index in [2.05, 4.69) is 26.6 Å². The quantitative estimate of drug-likeness (QED) is 0.801. The van der Waals surface area contributed by atoms with Crippen LogP contribution in [0.3, 0.4) is 0 Å². The third-order valence-electron chi connectivity index (χ3n) is 4.20. The van der Waals surface area contributed by atoms with Gasteiger partial charge in [-0.25, -0.2) is 0 Å². The molecule has 2 aromatic rings. The number of ether oxygens (including phenoxy) is 1. The highest BCUT2D eigenvalue weighted by atomic mass is 79.9. The van der Waals surface area contributed by atoms with Crippen LogP contribution in [0.2, 0.25) is 0 Å². The van der Waals surface area contributed by atoms with Crippen LogP contribution in [0.5, 0.6) is 5.75 Å². The Morgan fingerprint density at radius 1 is 1.27 bits per heavy atom. The van der Waals surface area contributed by atoms with Crippen molar-refractivity contribution in [2.45, 2.75) is 13.0 Å². The molecule has 0 unspecified atom stereocenters. The van der Waals surface area contributed by atoms with E-state index in [0.717, 1.165) is 21.4 Å². The van der Waals surface area contributed by atoms with E-state index in [1.54, 1.807) is 13.1 Å². The number of halogens is 1. The van der Waals surface area contributed by atoms with Gasteiger partial charge in [0, 0.05) is 17.2 Å². The fraction of sp³-hybridized carbons (Fsp3) is 0.263. The molecule has 7 heteroatoms. The summed E-state index contributed by atoms with van der Waals surface area (Å²) in [5.74, 6) is 0.233. The number of carbonyl (C=O) groups excluding carboxylic acids is 2. The second-order valence-corrected chi connectivity index (χ2v) is 6.99. The Bertz CT molecular complexity index is 841. The second kappa shape index (κ2) is 7.78. The first-order valence-corrected chi connectivity index (χ1v) is 9.05. The van der Waals surface area contributed by atoms with Crippen LogP contribution < -0.4 is 20.3 Å². The van der Waals surface area contributed by atoms with Gasteiger partial charge in [0.05, 0.1) is 18.8 Å². The largest absolute Gasteiger partial charge is 0.477 e. The monoisotopic (exact) mass is 417 g/mol. The van der Waals surface area contributed by atoms with Gasteiger partial charge < -0.3 is 20.3 Å². The van der Waals surface area contributed by atoms with E-state index in [4.69, 9.17) is 4.74 Å². The summed E-state index contributed by atoms with van der Waals surface area (Å²) in [5.41, 5.74) is 2.54. The molecule has 2 aromatic carbocycles. The highest BCUT2D eigenvalue weighted by Crippen LogP contribution is 2.33. The van der Waals surface area contributed by atoms with Gasteiger partial charge in [0.1, 0.15) is 5.75 Å². The zero-order valence-electron chi connectivity index (χ0n) is 14.6. The van der Waals surface area contributed by atoms with Crippen LogP contribution in [0.1, 0.15) is 5.56 Å². The lowest BCUT2D eigenvalue weighted by molar-refractivity contribution is -0.127. The normalized spacial score (nSPS) is 15.7. The topological polar surface area (TPSA) is 70.7 Å². The van der Waals surface area contributed by atoms with Crippen molar-refractivity contribution in [3.8, 4) is 5.75 Å².